The monoisotopic (exact) mass is 446 g/mol. The normalized spacial score (nSPS) is 15.0. The van der Waals surface area contributed by atoms with Crippen molar-refractivity contribution in [1.82, 2.24) is 0 Å². The van der Waals surface area contributed by atoms with E-state index in [0.29, 0.717) is 18.1 Å². The fourth-order valence-corrected chi connectivity index (χ4v) is 6.18. The third-order valence-corrected chi connectivity index (χ3v) is 7.88. The van der Waals surface area contributed by atoms with Crippen molar-refractivity contribution in [3.05, 3.63) is 52.0 Å². The number of hydrogen-bond acceptors (Lipinski definition) is 2. The van der Waals surface area contributed by atoms with Gasteiger partial charge in [-0.3, -0.25) is 0 Å². The Morgan fingerprint density at radius 2 is 1.60 bits per heavy atom. The van der Waals surface area contributed by atoms with Crippen molar-refractivity contribution in [3.63, 3.8) is 0 Å². The Morgan fingerprint density at radius 3 is 2.30 bits per heavy atom. The van der Waals surface area contributed by atoms with Crippen LogP contribution in [0, 0.1) is 6.92 Å². The van der Waals surface area contributed by atoms with Gasteiger partial charge in [-0.1, -0.05) is 94.5 Å². The van der Waals surface area contributed by atoms with E-state index in [2.05, 4.69) is 6.92 Å². The van der Waals surface area contributed by atoms with E-state index in [9.17, 15) is 4.21 Å². The summed E-state index contributed by atoms with van der Waals surface area (Å²) in [6.45, 7) is 4.93. The van der Waals surface area contributed by atoms with Gasteiger partial charge in [0.1, 0.15) is 5.75 Å². The van der Waals surface area contributed by atoms with Gasteiger partial charge in [-0.2, -0.15) is 0 Å². The summed E-state index contributed by atoms with van der Waals surface area (Å²) in [4.78, 5) is 1.67. The quantitative estimate of drug-likeness (QED) is 0.263. The zero-order valence-electron chi connectivity index (χ0n) is 18.5. The van der Waals surface area contributed by atoms with Crippen LogP contribution in [0.15, 0.2) is 40.1 Å². The Hall–Kier alpha value is -1.32. The molecule has 1 heterocycles. The summed E-state index contributed by atoms with van der Waals surface area (Å²) in [6, 6.07) is 9.89. The van der Waals surface area contributed by atoms with Crippen LogP contribution in [0.5, 0.6) is 5.75 Å². The van der Waals surface area contributed by atoms with Gasteiger partial charge in [-0.05, 0) is 42.2 Å². The number of hydrogen-bond donors (Lipinski definition) is 0. The first kappa shape index (κ1) is 23.3. The second-order valence-electron chi connectivity index (χ2n) is 8.40. The molecule has 0 saturated heterocycles. The summed E-state index contributed by atoms with van der Waals surface area (Å²) in [5.41, 5.74) is 3.02. The highest BCUT2D eigenvalue weighted by Gasteiger charge is 2.28. The summed E-state index contributed by atoms with van der Waals surface area (Å²) in [7, 11) is -1.25. The van der Waals surface area contributed by atoms with Crippen molar-refractivity contribution < 1.29 is 8.95 Å². The van der Waals surface area contributed by atoms with Gasteiger partial charge in [-0.25, -0.2) is 4.21 Å². The van der Waals surface area contributed by atoms with Crippen LogP contribution in [0.2, 0.25) is 5.02 Å². The molecule has 3 rings (SSSR count). The van der Waals surface area contributed by atoms with Crippen LogP contribution in [0.4, 0.5) is 0 Å². The molecule has 0 bridgehead atoms. The van der Waals surface area contributed by atoms with Gasteiger partial charge < -0.3 is 4.74 Å². The standard InChI is InChI=1S/C26H35ClO2S/c1-3-4-5-6-7-8-9-10-11-14-17-29-25-20(2)18-23(27)22-19-21-15-12-13-16-24(21)30(28)26(22)25/h12-13,15-16,18H,3-11,14,17,19H2,1-2H3. The van der Waals surface area contributed by atoms with Gasteiger partial charge in [0.15, 0.2) is 0 Å². The molecule has 0 spiro atoms. The number of ether oxygens (including phenoxy) is 1. The molecule has 1 atom stereocenters. The molecule has 0 fully saturated rings. The first-order chi connectivity index (χ1) is 14.6. The zero-order chi connectivity index (χ0) is 21.3. The molecule has 2 aromatic carbocycles. The van der Waals surface area contributed by atoms with E-state index in [1.54, 1.807) is 0 Å². The van der Waals surface area contributed by atoms with E-state index in [4.69, 9.17) is 16.3 Å². The number of halogens is 1. The minimum atomic E-state index is -1.25. The average molecular weight is 447 g/mol. The number of unbranched alkanes of at least 4 members (excludes halogenated alkanes) is 9. The largest absolute Gasteiger partial charge is 0.492 e. The van der Waals surface area contributed by atoms with Crippen LogP contribution in [0.25, 0.3) is 0 Å². The maximum absolute atomic E-state index is 13.3. The van der Waals surface area contributed by atoms with Crippen LogP contribution in [-0.4, -0.2) is 10.8 Å². The minimum absolute atomic E-state index is 0.671. The van der Waals surface area contributed by atoms with Gasteiger partial charge in [0.05, 0.1) is 22.3 Å². The molecule has 1 aliphatic heterocycles. The Labute approximate surface area is 189 Å². The van der Waals surface area contributed by atoms with E-state index in [1.807, 2.05) is 37.3 Å². The predicted molar refractivity (Wildman–Crippen MR) is 127 cm³/mol. The highest BCUT2D eigenvalue weighted by atomic mass is 35.5. The zero-order valence-corrected chi connectivity index (χ0v) is 20.0. The second-order valence-corrected chi connectivity index (χ2v) is 10.2. The van der Waals surface area contributed by atoms with Crippen molar-refractivity contribution >= 4 is 22.4 Å². The second kappa shape index (κ2) is 11.9. The van der Waals surface area contributed by atoms with Crippen molar-refractivity contribution in [2.24, 2.45) is 0 Å². The van der Waals surface area contributed by atoms with Crippen LogP contribution >= 0.6 is 11.6 Å². The van der Waals surface area contributed by atoms with E-state index < -0.39 is 10.8 Å². The Morgan fingerprint density at radius 1 is 0.967 bits per heavy atom. The van der Waals surface area contributed by atoms with E-state index >= 15 is 0 Å². The fourth-order valence-electron chi connectivity index (χ4n) is 4.20. The van der Waals surface area contributed by atoms with Gasteiger partial charge in [0, 0.05) is 16.3 Å². The highest BCUT2D eigenvalue weighted by Crippen LogP contribution is 2.42. The van der Waals surface area contributed by atoms with Crippen molar-refractivity contribution in [1.29, 1.82) is 0 Å². The number of aryl methyl sites for hydroxylation is 1. The number of fused-ring (bicyclic) bond motifs is 2. The minimum Gasteiger partial charge on any atom is -0.492 e. The van der Waals surface area contributed by atoms with Crippen molar-refractivity contribution in [2.75, 3.05) is 6.61 Å². The van der Waals surface area contributed by atoms with Gasteiger partial charge in [0.2, 0.25) is 0 Å². The van der Waals surface area contributed by atoms with Crippen molar-refractivity contribution in [3.8, 4) is 5.75 Å². The predicted octanol–water partition coefficient (Wildman–Crippen LogP) is 8.02. The van der Waals surface area contributed by atoms with E-state index in [0.717, 1.165) is 38.7 Å². The Bertz CT molecular complexity index is 862. The summed E-state index contributed by atoms with van der Waals surface area (Å²) in [5, 5.41) is 0.691. The first-order valence-electron chi connectivity index (χ1n) is 11.6. The SMILES string of the molecule is CCCCCCCCCCCCOc1c(C)cc(Cl)c2c1S(=O)c1ccccc1C2. The maximum atomic E-state index is 13.3. The molecular formula is C26H35ClO2S. The molecule has 0 radical (unpaired) electrons. The lowest BCUT2D eigenvalue weighted by atomic mass is 10.0. The summed E-state index contributed by atoms with van der Waals surface area (Å²) >= 11 is 6.53. The molecule has 1 aliphatic rings. The topological polar surface area (TPSA) is 26.3 Å². The fraction of sp³-hybridized carbons (Fsp3) is 0.538. The highest BCUT2D eigenvalue weighted by molar-refractivity contribution is 7.85. The smallest absolute Gasteiger partial charge is 0.139 e. The van der Waals surface area contributed by atoms with Crippen molar-refractivity contribution in [2.45, 2.75) is 94.3 Å². The molecule has 0 amide bonds. The molecule has 1 unspecified atom stereocenters. The molecule has 0 N–H and O–H groups in total. The molecule has 2 aromatic rings. The lowest BCUT2D eigenvalue weighted by Gasteiger charge is -2.24. The van der Waals surface area contributed by atoms with E-state index in [1.165, 1.54) is 57.8 Å². The van der Waals surface area contributed by atoms with Crippen LogP contribution in [0.3, 0.4) is 0 Å². The number of benzene rings is 2. The number of rotatable bonds is 12. The molecule has 2 nitrogen and oxygen atoms in total. The summed E-state index contributed by atoms with van der Waals surface area (Å²) in [6.07, 6.45) is 13.7. The lowest BCUT2D eigenvalue weighted by Crippen LogP contribution is -2.13. The Balaban J connectivity index is 1.51. The lowest BCUT2D eigenvalue weighted by molar-refractivity contribution is 0.294. The van der Waals surface area contributed by atoms with Gasteiger partial charge >= 0.3 is 0 Å². The van der Waals surface area contributed by atoms with Gasteiger partial charge in [-0.15, -0.1) is 0 Å². The molecular weight excluding hydrogens is 412 g/mol. The third-order valence-electron chi connectivity index (χ3n) is 5.94. The average Bonchev–Trinajstić information content (AvgIpc) is 2.74. The van der Waals surface area contributed by atoms with Crippen LogP contribution < -0.4 is 4.74 Å². The summed E-state index contributed by atoms with van der Waals surface area (Å²) in [5.74, 6) is 0.776. The third kappa shape index (κ3) is 5.88. The maximum Gasteiger partial charge on any atom is 0.139 e. The Kier molecular flexibility index (Phi) is 9.27. The molecule has 0 aromatic heterocycles. The molecule has 164 valence electrons. The van der Waals surface area contributed by atoms with Crippen LogP contribution in [-0.2, 0) is 17.2 Å². The molecule has 30 heavy (non-hydrogen) atoms. The first-order valence-corrected chi connectivity index (χ1v) is 13.1. The van der Waals surface area contributed by atoms with Gasteiger partial charge in [0.25, 0.3) is 0 Å². The molecule has 0 aliphatic carbocycles. The molecule has 0 saturated carbocycles. The van der Waals surface area contributed by atoms with E-state index in [-0.39, 0.29) is 0 Å². The van der Waals surface area contributed by atoms with Crippen LogP contribution in [0.1, 0.15) is 87.8 Å². The summed E-state index contributed by atoms with van der Waals surface area (Å²) < 4.78 is 19.5. The molecule has 4 heteroatoms.